The van der Waals surface area contributed by atoms with E-state index in [-0.39, 0.29) is 17.9 Å². The molecule has 2 amide bonds. The molecule has 2 atom stereocenters. The maximum absolute atomic E-state index is 13.0. The molecule has 1 aromatic carbocycles. The van der Waals surface area contributed by atoms with Crippen molar-refractivity contribution in [2.24, 2.45) is 17.8 Å². The van der Waals surface area contributed by atoms with Gasteiger partial charge in [-0.2, -0.15) is 4.98 Å². The van der Waals surface area contributed by atoms with Gasteiger partial charge in [-0.05, 0) is 95.5 Å². The summed E-state index contributed by atoms with van der Waals surface area (Å²) in [6.45, 7) is 12.5. The van der Waals surface area contributed by atoms with Crippen LogP contribution in [0.15, 0.2) is 28.8 Å². The van der Waals surface area contributed by atoms with Crippen LogP contribution in [0.5, 0.6) is 5.75 Å². The lowest BCUT2D eigenvalue weighted by molar-refractivity contribution is -0.125. The predicted octanol–water partition coefficient (Wildman–Crippen LogP) is 4.05. The van der Waals surface area contributed by atoms with Gasteiger partial charge in [0, 0.05) is 57.3 Å². The smallest absolute Gasteiger partial charge is 0.410 e. The number of hydrogen-bond acceptors (Lipinski definition) is 9. The number of ether oxygens (including phenoxy) is 2. The highest BCUT2D eigenvalue weighted by molar-refractivity contribution is 5.79. The van der Waals surface area contributed by atoms with Crippen LogP contribution < -0.4 is 15.0 Å². The van der Waals surface area contributed by atoms with E-state index in [1.54, 1.807) is 7.11 Å². The lowest BCUT2D eigenvalue weighted by atomic mass is 9.96. The predicted molar refractivity (Wildman–Crippen MR) is 159 cm³/mol. The van der Waals surface area contributed by atoms with Crippen molar-refractivity contribution in [2.45, 2.75) is 58.5 Å². The van der Waals surface area contributed by atoms with E-state index in [4.69, 9.17) is 14.0 Å². The van der Waals surface area contributed by atoms with Gasteiger partial charge >= 0.3 is 12.1 Å². The molecule has 5 rings (SSSR count). The Hall–Kier alpha value is -3.34. The highest BCUT2D eigenvalue weighted by Gasteiger charge is 2.32. The third kappa shape index (κ3) is 7.93. The second-order valence-electron chi connectivity index (χ2n) is 13.0. The Labute approximate surface area is 248 Å². The molecule has 0 unspecified atom stereocenters. The lowest BCUT2D eigenvalue weighted by Crippen LogP contribution is -2.45. The number of carbonyl (C=O) groups is 2. The molecule has 0 bridgehead atoms. The Morgan fingerprint density at radius 1 is 1.00 bits per heavy atom. The summed E-state index contributed by atoms with van der Waals surface area (Å²) in [5.74, 6) is 2.41. The summed E-state index contributed by atoms with van der Waals surface area (Å²) < 4.78 is 16.3. The number of rotatable bonds is 8. The van der Waals surface area contributed by atoms with E-state index >= 15 is 0 Å². The number of benzene rings is 1. The van der Waals surface area contributed by atoms with Crippen molar-refractivity contribution >= 4 is 18.0 Å². The zero-order valence-corrected chi connectivity index (χ0v) is 25.5. The first-order valence-corrected chi connectivity index (χ1v) is 15.4. The van der Waals surface area contributed by atoms with Crippen molar-refractivity contribution in [1.29, 1.82) is 0 Å². The molecule has 1 aromatic heterocycles. The number of carbonyl (C=O) groups excluding carboxylic acids is 2. The highest BCUT2D eigenvalue weighted by atomic mass is 16.6. The molecule has 11 nitrogen and oxygen atoms in total. The summed E-state index contributed by atoms with van der Waals surface area (Å²) in [7, 11) is 1.64. The normalized spacial score (nSPS) is 22.3. The first-order chi connectivity index (χ1) is 20.2. The van der Waals surface area contributed by atoms with E-state index in [2.05, 4.69) is 25.3 Å². The zero-order valence-electron chi connectivity index (χ0n) is 25.5. The number of nitrogens with zero attached hydrogens (tertiary/aromatic N) is 5. The Bertz CT molecular complexity index is 1190. The standard InChI is InChI=1S/C31H46N6O5/c1-31(2,3)41-30(39)37-14-5-6-23(21-37)20-35-15-11-22(19-35)18-32-28(38)25-12-16-36(17-13-25)29-33-27(34-42-29)24-7-9-26(40-4)10-8-24/h7-10,22-23,25H,5-6,11-21H2,1-4H3,(H,32,38)/t22-,23+/m0/s1. The van der Waals surface area contributed by atoms with Crippen molar-refractivity contribution in [3.63, 3.8) is 0 Å². The Balaban J connectivity index is 1.01. The molecule has 0 aliphatic carbocycles. The van der Waals surface area contributed by atoms with Crippen molar-refractivity contribution in [3.05, 3.63) is 24.3 Å². The number of likely N-dealkylation sites (tertiary alicyclic amines) is 2. The van der Waals surface area contributed by atoms with Crippen LogP contribution in [-0.2, 0) is 9.53 Å². The fourth-order valence-electron chi connectivity index (χ4n) is 6.24. The summed E-state index contributed by atoms with van der Waals surface area (Å²) in [6, 6.07) is 8.05. The van der Waals surface area contributed by atoms with Crippen LogP contribution >= 0.6 is 0 Å². The van der Waals surface area contributed by atoms with Crippen LogP contribution in [0.2, 0.25) is 0 Å². The van der Waals surface area contributed by atoms with Crippen LogP contribution in [0.25, 0.3) is 11.4 Å². The molecule has 0 saturated carbocycles. The third-order valence-corrected chi connectivity index (χ3v) is 8.52. The molecule has 11 heteroatoms. The zero-order chi connectivity index (χ0) is 29.7. The van der Waals surface area contributed by atoms with Crippen molar-refractivity contribution < 1.29 is 23.6 Å². The minimum absolute atomic E-state index is 0.00353. The van der Waals surface area contributed by atoms with Gasteiger partial charge in [0.1, 0.15) is 11.4 Å². The SMILES string of the molecule is COc1ccc(-c2noc(N3CCC(C(=O)NC[C@@H]4CCN(C[C@H]5CCCN(C(=O)OC(C)(C)C)C5)C4)CC3)n2)cc1. The maximum atomic E-state index is 13.0. The van der Waals surface area contributed by atoms with Gasteiger partial charge < -0.3 is 34.0 Å². The van der Waals surface area contributed by atoms with E-state index in [0.717, 1.165) is 82.7 Å². The van der Waals surface area contributed by atoms with Gasteiger partial charge in [0.25, 0.3) is 0 Å². The van der Waals surface area contributed by atoms with Crippen molar-refractivity contribution in [2.75, 3.05) is 64.4 Å². The molecular weight excluding hydrogens is 536 g/mol. The minimum Gasteiger partial charge on any atom is -0.497 e. The van der Waals surface area contributed by atoms with Gasteiger partial charge in [-0.25, -0.2) is 4.79 Å². The number of amides is 2. The molecule has 3 fully saturated rings. The van der Waals surface area contributed by atoms with Crippen LogP contribution in [0.4, 0.5) is 10.8 Å². The number of methoxy groups -OCH3 is 1. The van der Waals surface area contributed by atoms with Crippen molar-refractivity contribution in [1.82, 2.24) is 25.3 Å². The average molecular weight is 583 g/mol. The number of hydrogen-bond donors (Lipinski definition) is 1. The van der Waals surface area contributed by atoms with Gasteiger partial charge in [0.2, 0.25) is 11.7 Å². The molecule has 42 heavy (non-hydrogen) atoms. The fraction of sp³-hybridized carbons (Fsp3) is 0.677. The fourth-order valence-corrected chi connectivity index (χ4v) is 6.24. The van der Waals surface area contributed by atoms with Crippen molar-refractivity contribution in [3.8, 4) is 17.1 Å². The molecule has 3 aliphatic heterocycles. The van der Waals surface area contributed by atoms with Crippen LogP contribution in [0.3, 0.4) is 0 Å². The molecule has 230 valence electrons. The lowest BCUT2D eigenvalue weighted by Gasteiger charge is -2.35. The molecular formula is C31H46N6O5. The summed E-state index contributed by atoms with van der Waals surface area (Å²) in [4.78, 5) is 36.5. The van der Waals surface area contributed by atoms with Gasteiger partial charge in [0.15, 0.2) is 0 Å². The maximum Gasteiger partial charge on any atom is 0.410 e. The summed E-state index contributed by atoms with van der Waals surface area (Å²) in [5.41, 5.74) is 0.400. The average Bonchev–Trinajstić information content (AvgIpc) is 3.65. The van der Waals surface area contributed by atoms with Gasteiger partial charge in [-0.3, -0.25) is 4.79 Å². The van der Waals surface area contributed by atoms with Crippen LogP contribution in [0.1, 0.15) is 52.9 Å². The second-order valence-corrected chi connectivity index (χ2v) is 13.0. The first kappa shape index (κ1) is 30.1. The highest BCUT2D eigenvalue weighted by Crippen LogP contribution is 2.27. The quantitative estimate of drug-likeness (QED) is 0.493. The molecule has 2 aromatic rings. The van der Waals surface area contributed by atoms with Crippen LogP contribution in [-0.4, -0.2) is 97.0 Å². The van der Waals surface area contributed by atoms with E-state index < -0.39 is 5.60 Å². The Morgan fingerprint density at radius 2 is 1.76 bits per heavy atom. The number of nitrogens with one attached hydrogen (secondary N) is 1. The number of piperidine rings is 2. The Kier molecular flexibility index (Phi) is 9.55. The number of anilines is 1. The molecule has 3 saturated heterocycles. The summed E-state index contributed by atoms with van der Waals surface area (Å²) in [6.07, 6.45) is 4.58. The molecule has 0 radical (unpaired) electrons. The largest absolute Gasteiger partial charge is 0.497 e. The van der Waals surface area contributed by atoms with E-state index in [1.165, 1.54) is 0 Å². The minimum atomic E-state index is -0.468. The monoisotopic (exact) mass is 582 g/mol. The van der Waals surface area contributed by atoms with E-state index in [9.17, 15) is 9.59 Å². The molecule has 1 N–H and O–H groups in total. The third-order valence-electron chi connectivity index (χ3n) is 8.52. The second kappa shape index (κ2) is 13.3. The van der Waals surface area contributed by atoms with Gasteiger partial charge in [-0.1, -0.05) is 5.16 Å². The van der Waals surface area contributed by atoms with E-state index in [1.807, 2.05) is 49.9 Å². The Morgan fingerprint density at radius 3 is 2.48 bits per heavy atom. The van der Waals surface area contributed by atoms with Gasteiger partial charge in [-0.15, -0.1) is 0 Å². The van der Waals surface area contributed by atoms with E-state index in [0.29, 0.717) is 36.8 Å². The topological polar surface area (TPSA) is 113 Å². The van der Waals surface area contributed by atoms with Gasteiger partial charge in [0.05, 0.1) is 7.11 Å². The van der Waals surface area contributed by atoms with Crippen LogP contribution in [0, 0.1) is 17.8 Å². The summed E-state index contributed by atoms with van der Waals surface area (Å²) in [5, 5.41) is 7.37. The summed E-state index contributed by atoms with van der Waals surface area (Å²) >= 11 is 0. The molecule has 0 spiro atoms. The molecule has 3 aliphatic rings. The number of aromatic nitrogens is 2. The molecule has 4 heterocycles. The first-order valence-electron chi connectivity index (χ1n) is 15.4.